The summed E-state index contributed by atoms with van der Waals surface area (Å²) in [5.41, 5.74) is 0.749. The van der Waals surface area contributed by atoms with Gasteiger partial charge in [0, 0.05) is 0 Å². The normalized spacial score (nSPS) is 9.55. The second-order valence-electron chi connectivity index (χ2n) is 2.42. The summed E-state index contributed by atoms with van der Waals surface area (Å²) < 4.78 is 5.36. The lowest BCUT2D eigenvalue weighted by molar-refractivity contribution is 0.317. The lowest BCUT2D eigenvalue weighted by Gasteiger charge is -2.03. The lowest BCUT2D eigenvalue weighted by Crippen LogP contribution is -2.03. The fourth-order valence-corrected chi connectivity index (χ4v) is 0.824. The van der Waals surface area contributed by atoms with E-state index in [4.69, 9.17) is 12.6 Å². The van der Waals surface area contributed by atoms with Crippen LogP contribution >= 0.6 is 0 Å². The molecule has 1 nitrogen and oxygen atoms in total. The summed E-state index contributed by atoms with van der Waals surface area (Å²) in [4.78, 5) is 0. The third-order valence-electron chi connectivity index (χ3n) is 1.33. The Kier molecular flexibility index (Phi) is 3.03. The molecule has 0 heterocycles. The lowest BCUT2D eigenvalue weighted by atomic mass is 9.96. The molecule has 0 bridgehead atoms. The van der Waals surface area contributed by atoms with Crippen LogP contribution in [0.5, 0.6) is 5.75 Å². The van der Waals surface area contributed by atoms with Crippen molar-refractivity contribution in [2.75, 3.05) is 6.61 Å². The topological polar surface area (TPSA) is 9.23 Å². The maximum atomic E-state index is 5.55. The Morgan fingerprint density at radius 1 is 1.45 bits per heavy atom. The summed E-state index contributed by atoms with van der Waals surface area (Å²) in [5, 5.41) is 0. The number of ether oxygens (including phenoxy) is 1. The van der Waals surface area contributed by atoms with E-state index >= 15 is 0 Å². The molecule has 0 unspecified atom stereocenters. The van der Waals surface area contributed by atoms with Crippen LogP contribution in [0.3, 0.4) is 0 Å². The molecule has 0 aromatic heterocycles. The van der Waals surface area contributed by atoms with Gasteiger partial charge in [-0.3, -0.25) is 0 Å². The van der Waals surface area contributed by atoms with Gasteiger partial charge in [0.2, 0.25) is 0 Å². The van der Waals surface area contributed by atoms with Gasteiger partial charge in [-0.2, -0.15) is 0 Å². The summed E-state index contributed by atoms with van der Waals surface area (Å²) in [5.74, 6) is 0.854. The molecular formula is C9H11BO. The molecular weight excluding hydrogens is 135 g/mol. The van der Waals surface area contributed by atoms with E-state index in [2.05, 4.69) is 6.92 Å². The van der Waals surface area contributed by atoms with E-state index in [0.29, 0.717) is 0 Å². The largest absolute Gasteiger partial charge is 0.494 e. The number of hydrogen-bond acceptors (Lipinski definition) is 1. The van der Waals surface area contributed by atoms with Gasteiger partial charge >= 0.3 is 0 Å². The van der Waals surface area contributed by atoms with Gasteiger partial charge in [0.15, 0.2) is 0 Å². The molecule has 0 amide bonds. The molecule has 0 aliphatic rings. The van der Waals surface area contributed by atoms with E-state index in [9.17, 15) is 0 Å². The van der Waals surface area contributed by atoms with Gasteiger partial charge in [0.25, 0.3) is 0 Å². The van der Waals surface area contributed by atoms with E-state index in [1.54, 1.807) is 0 Å². The third kappa shape index (κ3) is 2.66. The van der Waals surface area contributed by atoms with E-state index in [1.165, 1.54) is 0 Å². The van der Waals surface area contributed by atoms with Gasteiger partial charge in [-0.1, -0.05) is 24.5 Å². The van der Waals surface area contributed by atoms with Crippen molar-refractivity contribution in [1.82, 2.24) is 0 Å². The molecule has 0 saturated heterocycles. The Morgan fingerprint density at radius 3 is 2.91 bits per heavy atom. The van der Waals surface area contributed by atoms with Crippen LogP contribution < -0.4 is 10.2 Å². The predicted octanol–water partition coefficient (Wildman–Crippen LogP) is 1.27. The monoisotopic (exact) mass is 146 g/mol. The number of rotatable bonds is 3. The first-order valence-corrected chi connectivity index (χ1v) is 3.81. The molecule has 0 saturated carbocycles. The highest BCUT2D eigenvalue weighted by atomic mass is 16.5. The van der Waals surface area contributed by atoms with E-state index in [0.717, 1.165) is 24.2 Å². The van der Waals surface area contributed by atoms with Gasteiger partial charge in [-0.15, -0.1) is 0 Å². The molecule has 0 fully saturated rings. The second kappa shape index (κ2) is 4.07. The van der Waals surface area contributed by atoms with Gasteiger partial charge in [-0.05, 0) is 18.6 Å². The average Bonchev–Trinajstić information content (AvgIpc) is 2.01. The maximum absolute atomic E-state index is 5.55. The standard InChI is InChI=1S/C9H11BO/c1-2-6-11-9-5-3-4-8(10)7-9/h3-5,7H,2,6H2,1H3. The zero-order valence-electron chi connectivity index (χ0n) is 6.71. The molecule has 0 aliphatic heterocycles. The smallest absolute Gasteiger partial charge is 0.118 e. The van der Waals surface area contributed by atoms with E-state index in [1.807, 2.05) is 24.3 Å². The molecule has 0 N–H and O–H groups in total. The van der Waals surface area contributed by atoms with Crippen molar-refractivity contribution >= 4 is 13.3 Å². The van der Waals surface area contributed by atoms with Gasteiger partial charge < -0.3 is 4.74 Å². The Hall–Kier alpha value is -0.915. The minimum absolute atomic E-state index is 0.749. The fourth-order valence-electron chi connectivity index (χ4n) is 0.824. The van der Waals surface area contributed by atoms with Crippen molar-refractivity contribution in [2.24, 2.45) is 0 Å². The summed E-state index contributed by atoms with van der Waals surface area (Å²) in [6.45, 7) is 2.83. The van der Waals surface area contributed by atoms with E-state index in [-0.39, 0.29) is 0 Å². The third-order valence-corrected chi connectivity index (χ3v) is 1.33. The van der Waals surface area contributed by atoms with Crippen molar-refractivity contribution in [1.29, 1.82) is 0 Å². The van der Waals surface area contributed by atoms with Crippen LogP contribution in [0.2, 0.25) is 0 Å². The minimum atomic E-state index is 0.749. The zero-order valence-corrected chi connectivity index (χ0v) is 6.71. The molecule has 2 radical (unpaired) electrons. The first-order chi connectivity index (χ1) is 5.33. The van der Waals surface area contributed by atoms with Crippen LogP contribution in [0.1, 0.15) is 13.3 Å². The van der Waals surface area contributed by atoms with E-state index < -0.39 is 0 Å². The minimum Gasteiger partial charge on any atom is -0.494 e. The predicted molar refractivity (Wildman–Crippen MR) is 47.6 cm³/mol. The maximum Gasteiger partial charge on any atom is 0.118 e. The van der Waals surface area contributed by atoms with Crippen LogP contribution in [0, 0.1) is 0 Å². The van der Waals surface area contributed by atoms with Crippen LogP contribution in [0.25, 0.3) is 0 Å². The van der Waals surface area contributed by atoms with Crippen LogP contribution in [-0.2, 0) is 0 Å². The highest BCUT2D eigenvalue weighted by molar-refractivity contribution is 6.32. The molecule has 1 aromatic rings. The summed E-state index contributed by atoms with van der Waals surface area (Å²) >= 11 is 0. The molecule has 0 spiro atoms. The first-order valence-electron chi connectivity index (χ1n) is 3.81. The van der Waals surface area contributed by atoms with Gasteiger partial charge in [0.1, 0.15) is 13.6 Å². The van der Waals surface area contributed by atoms with Crippen LogP contribution in [-0.4, -0.2) is 14.5 Å². The second-order valence-corrected chi connectivity index (χ2v) is 2.42. The molecule has 56 valence electrons. The van der Waals surface area contributed by atoms with Crippen molar-refractivity contribution in [2.45, 2.75) is 13.3 Å². The number of benzene rings is 1. The zero-order chi connectivity index (χ0) is 8.10. The molecule has 2 heteroatoms. The van der Waals surface area contributed by atoms with Crippen LogP contribution in [0.4, 0.5) is 0 Å². The van der Waals surface area contributed by atoms with Crippen molar-refractivity contribution in [3.8, 4) is 5.75 Å². The van der Waals surface area contributed by atoms with Crippen molar-refractivity contribution in [3.63, 3.8) is 0 Å². The number of hydrogen-bond donors (Lipinski definition) is 0. The summed E-state index contributed by atoms with van der Waals surface area (Å²) in [7, 11) is 5.55. The summed E-state index contributed by atoms with van der Waals surface area (Å²) in [6, 6.07) is 7.47. The SMILES string of the molecule is [B]c1cccc(OCCC)c1. The molecule has 0 atom stereocenters. The molecule has 1 rings (SSSR count). The van der Waals surface area contributed by atoms with Crippen molar-refractivity contribution in [3.05, 3.63) is 24.3 Å². The highest BCUT2D eigenvalue weighted by Gasteiger charge is 1.90. The molecule has 1 aromatic carbocycles. The van der Waals surface area contributed by atoms with Gasteiger partial charge in [-0.25, -0.2) is 0 Å². The fraction of sp³-hybridized carbons (Fsp3) is 0.333. The first kappa shape index (κ1) is 8.18. The quantitative estimate of drug-likeness (QED) is 0.583. The van der Waals surface area contributed by atoms with Crippen molar-refractivity contribution < 1.29 is 4.74 Å². The Labute approximate surface area is 68.8 Å². The molecule has 11 heavy (non-hydrogen) atoms. The van der Waals surface area contributed by atoms with Gasteiger partial charge in [0.05, 0.1) is 6.61 Å². The average molecular weight is 146 g/mol. The highest BCUT2D eigenvalue weighted by Crippen LogP contribution is 2.06. The summed E-state index contributed by atoms with van der Waals surface area (Å²) in [6.07, 6.45) is 1.02. The molecule has 0 aliphatic carbocycles. The Balaban J connectivity index is 2.56. The van der Waals surface area contributed by atoms with Crippen LogP contribution in [0.15, 0.2) is 24.3 Å². The Bertz CT molecular complexity index is 223. The Morgan fingerprint density at radius 2 is 2.27 bits per heavy atom.